The third-order valence-electron chi connectivity index (χ3n) is 2.00. The highest BCUT2D eigenvalue weighted by Crippen LogP contribution is 2.21. The Bertz CT molecular complexity index is 598. The number of rotatable bonds is 3. The summed E-state index contributed by atoms with van der Waals surface area (Å²) in [6.07, 6.45) is 1.33. The Morgan fingerprint density at radius 3 is 2.89 bits per heavy atom. The molecule has 1 N–H and O–H groups in total. The minimum absolute atomic E-state index is 0.171. The summed E-state index contributed by atoms with van der Waals surface area (Å²) in [5, 5.41) is 6.37. The number of hydrazone groups is 1. The summed E-state index contributed by atoms with van der Waals surface area (Å²) in [6.45, 7) is 1.87. The molecule has 1 aromatic heterocycles. The fraction of sp³-hybridized carbons (Fsp3) is 0.0909. The van der Waals surface area contributed by atoms with Crippen LogP contribution >= 0.6 is 27.3 Å². The second kappa shape index (κ2) is 5.53. The number of hydrogen-bond acceptors (Lipinski definition) is 4. The van der Waals surface area contributed by atoms with Crippen molar-refractivity contribution in [2.75, 3.05) is 5.43 Å². The average molecular weight is 332 g/mol. The molecule has 2 rings (SSSR count). The maximum atomic E-state index is 13.2. The van der Waals surface area contributed by atoms with Gasteiger partial charge in [0.05, 0.1) is 16.4 Å². The summed E-state index contributed by atoms with van der Waals surface area (Å²) in [6, 6.07) is 1.99. The molecule has 0 unspecified atom stereocenters. The van der Waals surface area contributed by atoms with Gasteiger partial charge in [0, 0.05) is 17.0 Å². The smallest absolute Gasteiger partial charge is 0.203 e. The quantitative estimate of drug-likeness (QED) is 0.525. The summed E-state index contributed by atoms with van der Waals surface area (Å²) in [7, 11) is 0. The van der Waals surface area contributed by atoms with Crippen molar-refractivity contribution in [1.82, 2.24) is 4.98 Å². The first-order chi connectivity index (χ1) is 8.56. The minimum Gasteiger partial charge on any atom is -0.253 e. The molecular weight excluding hydrogens is 324 g/mol. The van der Waals surface area contributed by atoms with Gasteiger partial charge in [-0.25, -0.2) is 13.8 Å². The molecule has 0 radical (unpaired) electrons. The van der Waals surface area contributed by atoms with Gasteiger partial charge >= 0.3 is 0 Å². The number of nitrogens with one attached hydrogen (secondary N) is 1. The molecule has 0 spiro atoms. The van der Waals surface area contributed by atoms with E-state index in [0.717, 1.165) is 11.8 Å². The van der Waals surface area contributed by atoms with Crippen molar-refractivity contribution in [3.63, 3.8) is 0 Å². The molecule has 3 nitrogen and oxygen atoms in total. The highest BCUT2D eigenvalue weighted by atomic mass is 79.9. The van der Waals surface area contributed by atoms with Crippen LogP contribution in [0.3, 0.4) is 0 Å². The first kappa shape index (κ1) is 13.1. The van der Waals surface area contributed by atoms with Crippen molar-refractivity contribution in [3.8, 4) is 0 Å². The largest absolute Gasteiger partial charge is 0.253 e. The van der Waals surface area contributed by atoms with E-state index < -0.39 is 11.6 Å². The lowest BCUT2D eigenvalue weighted by Crippen LogP contribution is -1.94. The first-order valence-corrected chi connectivity index (χ1v) is 6.59. The zero-order valence-corrected chi connectivity index (χ0v) is 11.6. The summed E-state index contributed by atoms with van der Waals surface area (Å²) in [4.78, 5) is 4.13. The van der Waals surface area contributed by atoms with E-state index in [4.69, 9.17) is 0 Å². The number of nitrogens with zero attached hydrogens (tertiary/aromatic N) is 2. The molecule has 94 valence electrons. The van der Waals surface area contributed by atoms with Crippen LogP contribution in [-0.4, -0.2) is 11.2 Å². The lowest BCUT2D eigenvalue weighted by atomic mass is 10.2. The van der Waals surface area contributed by atoms with E-state index >= 15 is 0 Å². The van der Waals surface area contributed by atoms with Crippen LogP contribution in [0.1, 0.15) is 11.3 Å². The Labute approximate surface area is 115 Å². The van der Waals surface area contributed by atoms with Gasteiger partial charge in [-0.3, -0.25) is 5.43 Å². The van der Waals surface area contributed by atoms with Crippen LogP contribution in [-0.2, 0) is 0 Å². The molecule has 0 saturated heterocycles. The number of aromatic nitrogens is 1. The molecule has 7 heteroatoms. The molecule has 0 saturated carbocycles. The lowest BCUT2D eigenvalue weighted by Gasteiger charge is -2.00. The van der Waals surface area contributed by atoms with Crippen molar-refractivity contribution >= 4 is 38.6 Å². The van der Waals surface area contributed by atoms with Gasteiger partial charge in [0.15, 0.2) is 0 Å². The Kier molecular flexibility index (Phi) is 4.03. The number of halogens is 3. The van der Waals surface area contributed by atoms with Crippen LogP contribution in [0.25, 0.3) is 0 Å². The standard InChI is InChI=1S/C11H8BrF2N3S/c1-6-5-18-11(16-6)17-15-4-7-2-8(13)3-9(14)10(7)12/h2-5H,1H3,(H,16,17). The maximum absolute atomic E-state index is 13.2. The SMILES string of the molecule is Cc1csc(NN=Cc2cc(F)cc(F)c2Br)n1. The second-order valence-electron chi connectivity index (χ2n) is 3.45. The van der Waals surface area contributed by atoms with E-state index in [1.165, 1.54) is 23.6 Å². The molecular formula is C11H8BrF2N3S. The Morgan fingerprint density at radius 1 is 1.44 bits per heavy atom. The van der Waals surface area contributed by atoms with Crippen LogP contribution in [0, 0.1) is 18.6 Å². The van der Waals surface area contributed by atoms with E-state index in [-0.39, 0.29) is 4.47 Å². The Balaban J connectivity index is 2.14. The molecule has 18 heavy (non-hydrogen) atoms. The van der Waals surface area contributed by atoms with Gasteiger partial charge in [-0.1, -0.05) is 0 Å². The highest BCUT2D eigenvalue weighted by Gasteiger charge is 2.06. The monoisotopic (exact) mass is 331 g/mol. The second-order valence-corrected chi connectivity index (χ2v) is 5.11. The molecule has 0 bridgehead atoms. The normalized spacial score (nSPS) is 11.1. The van der Waals surface area contributed by atoms with Crippen molar-refractivity contribution in [1.29, 1.82) is 0 Å². The molecule has 0 atom stereocenters. The van der Waals surface area contributed by atoms with Crippen LogP contribution in [0.2, 0.25) is 0 Å². The topological polar surface area (TPSA) is 37.3 Å². The number of benzene rings is 1. The molecule has 0 aliphatic rings. The summed E-state index contributed by atoms with van der Waals surface area (Å²) >= 11 is 4.43. The van der Waals surface area contributed by atoms with Gasteiger partial charge in [-0.15, -0.1) is 11.3 Å². The zero-order chi connectivity index (χ0) is 13.1. The van der Waals surface area contributed by atoms with E-state index in [1.807, 2.05) is 12.3 Å². The summed E-state index contributed by atoms with van der Waals surface area (Å²) in [5.74, 6) is -1.32. The van der Waals surface area contributed by atoms with Gasteiger partial charge in [-0.05, 0) is 28.9 Å². The van der Waals surface area contributed by atoms with Gasteiger partial charge in [0.25, 0.3) is 0 Å². The predicted octanol–water partition coefficient (Wildman–Crippen LogP) is 3.94. The molecule has 0 aliphatic carbocycles. The molecule has 0 aliphatic heterocycles. The fourth-order valence-corrected chi connectivity index (χ4v) is 2.20. The van der Waals surface area contributed by atoms with Crippen LogP contribution in [0.4, 0.5) is 13.9 Å². The van der Waals surface area contributed by atoms with Gasteiger partial charge in [-0.2, -0.15) is 5.10 Å². The van der Waals surface area contributed by atoms with Crippen molar-refractivity contribution < 1.29 is 8.78 Å². The van der Waals surface area contributed by atoms with E-state index in [0.29, 0.717) is 10.7 Å². The first-order valence-electron chi connectivity index (χ1n) is 4.92. The van der Waals surface area contributed by atoms with Crippen molar-refractivity contribution in [3.05, 3.63) is 44.9 Å². The van der Waals surface area contributed by atoms with Crippen LogP contribution < -0.4 is 5.43 Å². The molecule has 0 amide bonds. The summed E-state index contributed by atoms with van der Waals surface area (Å²) in [5.41, 5.74) is 3.89. The maximum Gasteiger partial charge on any atom is 0.203 e. The third-order valence-corrected chi connectivity index (χ3v) is 3.71. The predicted molar refractivity (Wildman–Crippen MR) is 72.1 cm³/mol. The minimum atomic E-state index is -0.665. The number of hydrogen-bond donors (Lipinski definition) is 1. The van der Waals surface area contributed by atoms with Crippen LogP contribution in [0.15, 0.2) is 27.1 Å². The van der Waals surface area contributed by atoms with E-state index in [9.17, 15) is 8.78 Å². The van der Waals surface area contributed by atoms with E-state index in [1.54, 1.807) is 0 Å². The number of anilines is 1. The van der Waals surface area contributed by atoms with Crippen molar-refractivity contribution in [2.45, 2.75) is 6.92 Å². The Hall–Kier alpha value is -1.34. The van der Waals surface area contributed by atoms with Crippen LogP contribution in [0.5, 0.6) is 0 Å². The average Bonchev–Trinajstić information content (AvgIpc) is 2.71. The third kappa shape index (κ3) is 3.11. The molecule has 1 aromatic carbocycles. The van der Waals surface area contributed by atoms with Gasteiger partial charge < -0.3 is 0 Å². The highest BCUT2D eigenvalue weighted by molar-refractivity contribution is 9.10. The molecule has 2 aromatic rings. The number of aryl methyl sites for hydroxylation is 1. The Morgan fingerprint density at radius 2 is 2.22 bits per heavy atom. The van der Waals surface area contributed by atoms with Crippen molar-refractivity contribution in [2.24, 2.45) is 5.10 Å². The lowest BCUT2D eigenvalue weighted by molar-refractivity contribution is 0.578. The molecule has 1 heterocycles. The van der Waals surface area contributed by atoms with Gasteiger partial charge in [0.2, 0.25) is 5.13 Å². The summed E-state index contributed by atoms with van der Waals surface area (Å²) < 4.78 is 26.4. The number of thiazole rings is 1. The van der Waals surface area contributed by atoms with E-state index in [2.05, 4.69) is 31.4 Å². The van der Waals surface area contributed by atoms with Gasteiger partial charge in [0.1, 0.15) is 11.6 Å². The zero-order valence-electron chi connectivity index (χ0n) is 9.25. The molecule has 0 fully saturated rings. The fourth-order valence-electron chi connectivity index (χ4n) is 1.23.